The Kier molecular flexibility index (Phi) is 8.81. The lowest BCUT2D eigenvalue weighted by Crippen LogP contribution is -2.60. The predicted octanol–water partition coefficient (Wildman–Crippen LogP) is -2.01. The van der Waals surface area contributed by atoms with E-state index in [2.05, 4.69) is 0 Å². The normalized spacial score (nSPS) is 38.7. The molecule has 182 valence electrons. The van der Waals surface area contributed by atoms with Crippen molar-refractivity contribution in [2.75, 3.05) is 13.2 Å². The topological polar surface area (TPSA) is 179 Å². The number of hydrogen-bond acceptors (Lipinski definition) is 11. The van der Waals surface area contributed by atoms with Crippen molar-refractivity contribution in [2.24, 2.45) is 0 Å². The molecule has 0 saturated carbocycles. The largest absolute Gasteiger partial charge is 0.508 e. The van der Waals surface area contributed by atoms with Gasteiger partial charge in [-0.1, -0.05) is 12.1 Å². The third-order valence-corrected chi connectivity index (χ3v) is 5.73. The number of phenolic OH excluding ortho intramolecular Hbond substituents is 1. The van der Waals surface area contributed by atoms with Gasteiger partial charge < -0.3 is 54.7 Å². The number of hydrogen-bond donors (Lipinski definition) is 7. The Balaban J connectivity index is 1.52. The lowest BCUT2D eigenvalue weighted by molar-refractivity contribution is -0.318. The van der Waals surface area contributed by atoms with Crippen molar-refractivity contribution >= 4 is 0 Å². The molecule has 0 unspecified atom stereocenters. The lowest BCUT2D eigenvalue weighted by Gasteiger charge is -2.41. The molecule has 0 amide bonds. The van der Waals surface area contributed by atoms with Gasteiger partial charge in [0.25, 0.3) is 0 Å². The second-order valence-electron chi connectivity index (χ2n) is 8.21. The van der Waals surface area contributed by atoms with E-state index >= 15 is 0 Å². The van der Waals surface area contributed by atoms with Gasteiger partial charge in [0.15, 0.2) is 12.6 Å². The molecule has 11 nitrogen and oxygen atoms in total. The predicted molar refractivity (Wildman–Crippen MR) is 107 cm³/mol. The van der Waals surface area contributed by atoms with Crippen LogP contribution in [-0.4, -0.2) is 110 Å². The molecule has 2 saturated heterocycles. The fourth-order valence-corrected chi connectivity index (χ4v) is 3.69. The van der Waals surface area contributed by atoms with E-state index in [1.807, 2.05) is 0 Å². The molecule has 2 aliphatic rings. The first kappa shape index (κ1) is 25.2. The highest BCUT2D eigenvalue weighted by Gasteiger charge is 2.47. The van der Waals surface area contributed by atoms with Crippen LogP contribution in [-0.2, 0) is 25.4 Å². The Morgan fingerprint density at radius 3 is 2.06 bits per heavy atom. The van der Waals surface area contributed by atoms with Crippen molar-refractivity contribution < 1.29 is 54.7 Å². The quantitative estimate of drug-likeness (QED) is 0.217. The van der Waals surface area contributed by atoms with E-state index in [4.69, 9.17) is 24.1 Å². The van der Waals surface area contributed by atoms with Gasteiger partial charge in [-0.2, -0.15) is 0 Å². The summed E-state index contributed by atoms with van der Waals surface area (Å²) in [5, 5.41) is 68.9. The summed E-state index contributed by atoms with van der Waals surface area (Å²) in [6.45, 7) is 0.932. The van der Waals surface area contributed by atoms with Gasteiger partial charge >= 0.3 is 0 Å². The van der Waals surface area contributed by atoms with Crippen molar-refractivity contribution in [2.45, 2.75) is 81.2 Å². The number of aliphatic hydroxyl groups excluding tert-OH is 6. The monoisotopic (exact) mass is 460 g/mol. The summed E-state index contributed by atoms with van der Waals surface area (Å²) in [4.78, 5) is 0. The van der Waals surface area contributed by atoms with Gasteiger partial charge in [-0.3, -0.25) is 0 Å². The maximum atomic E-state index is 10.3. The maximum Gasteiger partial charge on any atom is 0.186 e. The van der Waals surface area contributed by atoms with Crippen LogP contribution in [0.15, 0.2) is 24.3 Å². The average molecular weight is 460 g/mol. The highest BCUT2D eigenvalue weighted by atomic mass is 16.7. The van der Waals surface area contributed by atoms with Crippen molar-refractivity contribution in [3.05, 3.63) is 29.8 Å². The summed E-state index contributed by atoms with van der Waals surface area (Å²) in [5.41, 5.74) is 0.989. The molecule has 1 aromatic carbocycles. The highest BCUT2D eigenvalue weighted by Crippen LogP contribution is 2.27. The third kappa shape index (κ3) is 5.94. The van der Waals surface area contributed by atoms with Crippen molar-refractivity contribution in [3.63, 3.8) is 0 Å². The molecule has 3 rings (SSSR count). The minimum Gasteiger partial charge on any atom is -0.508 e. The Bertz CT molecular complexity index is 701. The molecule has 0 bridgehead atoms. The number of benzene rings is 1. The molecule has 10 atom stereocenters. The van der Waals surface area contributed by atoms with Crippen LogP contribution in [0.25, 0.3) is 0 Å². The van der Waals surface area contributed by atoms with Crippen LogP contribution < -0.4 is 0 Å². The molecule has 32 heavy (non-hydrogen) atoms. The van der Waals surface area contributed by atoms with E-state index in [0.717, 1.165) is 5.56 Å². The van der Waals surface area contributed by atoms with Crippen LogP contribution >= 0.6 is 0 Å². The number of ether oxygens (including phenoxy) is 4. The summed E-state index contributed by atoms with van der Waals surface area (Å²) in [6.07, 6.45) is -11.0. The zero-order valence-corrected chi connectivity index (χ0v) is 17.7. The second kappa shape index (κ2) is 11.2. The van der Waals surface area contributed by atoms with Crippen molar-refractivity contribution in [1.82, 2.24) is 0 Å². The van der Waals surface area contributed by atoms with E-state index in [1.165, 1.54) is 0 Å². The minimum absolute atomic E-state index is 0.175. The van der Waals surface area contributed by atoms with Crippen LogP contribution in [0.3, 0.4) is 0 Å². The number of aliphatic hydroxyl groups is 6. The fourth-order valence-electron chi connectivity index (χ4n) is 3.69. The number of rotatable bonds is 9. The van der Waals surface area contributed by atoms with Gasteiger partial charge in [0.2, 0.25) is 0 Å². The Hall–Kier alpha value is -1.38. The first-order chi connectivity index (χ1) is 15.2. The first-order valence-corrected chi connectivity index (χ1v) is 10.6. The van der Waals surface area contributed by atoms with E-state index < -0.39 is 61.9 Å². The number of aromatic hydroxyl groups is 1. The van der Waals surface area contributed by atoms with Crippen LogP contribution in [0.2, 0.25) is 0 Å². The summed E-state index contributed by atoms with van der Waals surface area (Å²) >= 11 is 0. The minimum atomic E-state index is -1.56. The number of aryl methyl sites for hydroxylation is 1. The van der Waals surface area contributed by atoms with Crippen molar-refractivity contribution in [1.29, 1.82) is 0 Å². The maximum absolute atomic E-state index is 10.3. The second-order valence-corrected chi connectivity index (χ2v) is 8.21. The summed E-state index contributed by atoms with van der Waals surface area (Å²) in [7, 11) is 0. The fraction of sp³-hybridized carbons (Fsp3) is 0.714. The molecule has 0 aliphatic carbocycles. The Labute approximate surface area is 185 Å². The molecule has 2 heterocycles. The van der Waals surface area contributed by atoms with E-state index in [0.29, 0.717) is 12.8 Å². The van der Waals surface area contributed by atoms with Crippen LogP contribution in [0.5, 0.6) is 5.75 Å². The Morgan fingerprint density at radius 2 is 1.44 bits per heavy atom. The molecule has 2 aliphatic heterocycles. The van der Waals surface area contributed by atoms with Gasteiger partial charge in [0.1, 0.15) is 48.5 Å². The molecule has 0 spiro atoms. The van der Waals surface area contributed by atoms with Crippen molar-refractivity contribution in [3.8, 4) is 5.75 Å². The molecule has 7 N–H and O–H groups in total. The molecular weight excluding hydrogens is 428 g/mol. The Morgan fingerprint density at radius 1 is 0.844 bits per heavy atom. The van der Waals surface area contributed by atoms with Crippen LogP contribution in [0, 0.1) is 0 Å². The summed E-state index contributed by atoms with van der Waals surface area (Å²) in [6, 6.07) is 6.76. The lowest BCUT2D eigenvalue weighted by atomic mass is 9.99. The van der Waals surface area contributed by atoms with E-state index in [-0.39, 0.29) is 18.5 Å². The highest BCUT2D eigenvalue weighted by molar-refractivity contribution is 5.25. The van der Waals surface area contributed by atoms with E-state index in [9.17, 15) is 30.6 Å². The summed E-state index contributed by atoms with van der Waals surface area (Å²) < 4.78 is 21.9. The smallest absolute Gasteiger partial charge is 0.186 e. The molecule has 2 fully saturated rings. The van der Waals surface area contributed by atoms with Crippen LogP contribution in [0.1, 0.15) is 18.9 Å². The average Bonchev–Trinajstić information content (AvgIpc) is 3.06. The SMILES string of the molecule is C[C@H](CCc1ccc(O)cc1)O[C@@H]1O[C@H](CO[C@@H]2O[C@H](CO)[C@@H](O)[C@@H]2O)[C@H](O)[C@@H](O)[C@H]1O. The number of phenols is 1. The zero-order chi connectivity index (χ0) is 23.4. The molecule has 1 aromatic rings. The standard InChI is InChI=1S/C21H32O11/c1-10(2-3-11-4-6-12(23)7-5-11)30-21-19(28)17(26)16(25)14(32-21)9-29-20-18(27)15(24)13(8-22)31-20/h4-7,10,13-28H,2-3,8-9H2,1H3/t10-,13-,14-,15-,16+,17-,18+,19-,20-,21-/m1/s1. The van der Waals surface area contributed by atoms with Gasteiger partial charge in [-0.05, 0) is 37.5 Å². The zero-order valence-electron chi connectivity index (χ0n) is 17.7. The third-order valence-electron chi connectivity index (χ3n) is 5.73. The van der Waals surface area contributed by atoms with Gasteiger partial charge in [0, 0.05) is 0 Å². The molecular formula is C21H32O11. The van der Waals surface area contributed by atoms with Gasteiger partial charge in [0.05, 0.1) is 19.3 Å². The van der Waals surface area contributed by atoms with Gasteiger partial charge in [-0.25, -0.2) is 0 Å². The molecule has 11 heteroatoms. The first-order valence-electron chi connectivity index (χ1n) is 10.6. The van der Waals surface area contributed by atoms with E-state index in [1.54, 1.807) is 31.2 Å². The summed E-state index contributed by atoms with van der Waals surface area (Å²) in [5.74, 6) is 0.175. The molecule has 0 radical (unpaired) electrons. The molecule has 0 aromatic heterocycles. The van der Waals surface area contributed by atoms with Crippen LogP contribution in [0.4, 0.5) is 0 Å². The van der Waals surface area contributed by atoms with Gasteiger partial charge in [-0.15, -0.1) is 0 Å².